The predicted octanol–water partition coefficient (Wildman–Crippen LogP) is 3.30. The Bertz CT molecular complexity index is 402. The molecule has 110 valence electrons. The van der Waals surface area contributed by atoms with E-state index in [1.807, 2.05) is 13.8 Å². The van der Waals surface area contributed by atoms with Crippen LogP contribution in [0, 0.1) is 5.82 Å². The van der Waals surface area contributed by atoms with Gasteiger partial charge in [-0.15, -0.1) is 13.2 Å². The van der Waals surface area contributed by atoms with Gasteiger partial charge in [-0.3, -0.25) is 0 Å². The summed E-state index contributed by atoms with van der Waals surface area (Å²) in [6, 6.07) is 2.03. The Kier molecular flexibility index (Phi) is 6.24. The van der Waals surface area contributed by atoms with E-state index in [1.165, 1.54) is 6.92 Å². The summed E-state index contributed by atoms with van der Waals surface area (Å²) in [5.41, 5.74) is -0.665. The van der Waals surface area contributed by atoms with E-state index in [0.717, 1.165) is 6.07 Å². The van der Waals surface area contributed by atoms with E-state index in [2.05, 4.69) is 4.74 Å². The summed E-state index contributed by atoms with van der Waals surface area (Å²) in [5.74, 6) is -4.27. The van der Waals surface area contributed by atoms with Crippen molar-refractivity contribution >= 4 is 0 Å². The van der Waals surface area contributed by atoms with Crippen molar-refractivity contribution in [2.75, 3.05) is 0 Å². The summed E-state index contributed by atoms with van der Waals surface area (Å²) < 4.78 is 52.5. The molecule has 1 aromatic rings. The van der Waals surface area contributed by atoms with Crippen molar-refractivity contribution in [3.63, 3.8) is 0 Å². The lowest BCUT2D eigenvalue weighted by Gasteiger charge is -2.21. The fraction of sp³-hybridized carbons (Fsp3) is 0.500. The molecular weight excluding hydrogens is 268 g/mol. The van der Waals surface area contributed by atoms with Crippen molar-refractivity contribution in [3.8, 4) is 5.75 Å². The number of aliphatic hydroxyl groups is 2. The van der Waals surface area contributed by atoms with E-state index in [0.29, 0.717) is 12.1 Å². The second-order valence-corrected chi connectivity index (χ2v) is 3.36. The zero-order chi connectivity index (χ0) is 15.3. The molecule has 0 radical (unpaired) electrons. The summed E-state index contributed by atoms with van der Waals surface area (Å²) in [4.78, 5) is 0. The SMILES string of the molecule is CC.CCC(O)(O)c1cc(OC(F)(F)F)ccc1F. The first-order valence-corrected chi connectivity index (χ1v) is 5.66. The third-order valence-corrected chi connectivity index (χ3v) is 2.10. The van der Waals surface area contributed by atoms with E-state index < -0.39 is 29.3 Å². The van der Waals surface area contributed by atoms with Crippen molar-refractivity contribution in [2.45, 2.75) is 39.3 Å². The smallest absolute Gasteiger partial charge is 0.406 e. The van der Waals surface area contributed by atoms with E-state index in [9.17, 15) is 27.8 Å². The predicted molar refractivity (Wildman–Crippen MR) is 60.8 cm³/mol. The Labute approximate surface area is 108 Å². The highest BCUT2D eigenvalue weighted by molar-refractivity contribution is 5.32. The van der Waals surface area contributed by atoms with Crippen LogP contribution in [0.15, 0.2) is 18.2 Å². The van der Waals surface area contributed by atoms with Gasteiger partial charge in [0.15, 0.2) is 5.79 Å². The highest BCUT2D eigenvalue weighted by Gasteiger charge is 2.33. The van der Waals surface area contributed by atoms with Crippen LogP contribution < -0.4 is 4.74 Å². The molecule has 0 aliphatic carbocycles. The van der Waals surface area contributed by atoms with Gasteiger partial charge < -0.3 is 14.9 Å². The third-order valence-electron chi connectivity index (χ3n) is 2.10. The molecule has 0 aliphatic heterocycles. The van der Waals surface area contributed by atoms with Crippen LogP contribution in [0.25, 0.3) is 0 Å². The minimum atomic E-state index is -4.92. The molecule has 2 N–H and O–H groups in total. The largest absolute Gasteiger partial charge is 0.573 e. The van der Waals surface area contributed by atoms with Crippen molar-refractivity contribution < 1.29 is 32.5 Å². The number of rotatable bonds is 3. The van der Waals surface area contributed by atoms with Gasteiger partial charge in [0.05, 0.1) is 0 Å². The van der Waals surface area contributed by atoms with Crippen LogP contribution in [-0.4, -0.2) is 16.6 Å². The van der Waals surface area contributed by atoms with E-state index in [4.69, 9.17) is 0 Å². The Morgan fingerprint density at radius 1 is 1.16 bits per heavy atom. The van der Waals surface area contributed by atoms with Crippen LogP contribution in [0.5, 0.6) is 5.75 Å². The molecule has 1 aromatic carbocycles. The third kappa shape index (κ3) is 5.44. The van der Waals surface area contributed by atoms with Gasteiger partial charge in [-0.1, -0.05) is 20.8 Å². The standard InChI is InChI=1S/C10H10F4O3.C2H6/c1-2-9(15,16)7-5-6(3-4-8(7)11)17-10(12,13)14;1-2/h3-5,15-16H,2H2,1H3;1-2H3. The lowest BCUT2D eigenvalue weighted by molar-refractivity contribution is -0.274. The van der Waals surface area contributed by atoms with Crippen LogP contribution in [-0.2, 0) is 5.79 Å². The van der Waals surface area contributed by atoms with Gasteiger partial charge in [-0.25, -0.2) is 4.39 Å². The van der Waals surface area contributed by atoms with E-state index >= 15 is 0 Å². The maximum atomic E-state index is 13.2. The minimum absolute atomic E-state index is 0.278. The molecule has 0 unspecified atom stereocenters. The zero-order valence-electron chi connectivity index (χ0n) is 10.8. The first kappa shape index (κ1) is 17.7. The number of benzene rings is 1. The van der Waals surface area contributed by atoms with Gasteiger partial charge in [0.2, 0.25) is 0 Å². The molecule has 7 heteroatoms. The first-order chi connectivity index (χ1) is 8.65. The van der Waals surface area contributed by atoms with E-state index in [-0.39, 0.29) is 6.42 Å². The maximum absolute atomic E-state index is 13.2. The molecule has 0 saturated heterocycles. The lowest BCUT2D eigenvalue weighted by Crippen LogP contribution is -2.25. The van der Waals surface area contributed by atoms with Gasteiger partial charge in [-0.05, 0) is 18.2 Å². The van der Waals surface area contributed by atoms with Crippen molar-refractivity contribution in [2.24, 2.45) is 0 Å². The Balaban J connectivity index is 0.00000154. The molecule has 0 heterocycles. The summed E-state index contributed by atoms with van der Waals surface area (Å²) in [7, 11) is 0. The topological polar surface area (TPSA) is 49.7 Å². The highest BCUT2D eigenvalue weighted by Crippen LogP contribution is 2.30. The average molecular weight is 284 g/mol. The number of hydrogen-bond acceptors (Lipinski definition) is 3. The second kappa shape index (κ2) is 6.72. The molecule has 1 rings (SSSR count). The van der Waals surface area contributed by atoms with Gasteiger partial charge >= 0.3 is 6.36 Å². The van der Waals surface area contributed by atoms with Crippen LogP contribution in [0.1, 0.15) is 32.8 Å². The fourth-order valence-electron chi connectivity index (χ4n) is 1.20. The Morgan fingerprint density at radius 3 is 2.11 bits per heavy atom. The van der Waals surface area contributed by atoms with E-state index in [1.54, 1.807) is 0 Å². The maximum Gasteiger partial charge on any atom is 0.573 e. The van der Waals surface area contributed by atoms with Gasteiger partial charge in [0.1, 0.15) is 11.6 Å². The van der Waals surface area contributed by atoms with Crippen LogP contribution in [0.2, 0.25) is 0 Å². The lowest BCUT2D eigenvalue weighted by atomic mass is 10.0. The Hall–Kier alpha value is -1.34. The fourth-order valence-corrected chi connectivity index (χ4v) is 1.20. The normalized spacial score (nSPS) is 11.6. The Morgan fingerprint density at radius 2 is 1.68 bits per heavy atom. The zero-order valence-corrected chi connectivity index (χ0v) is 10.8. The number of alkyl halides is 3. The van der Waals surface area contributed by atoms with Gasteiger partial charge in [0, 0.05) is 12.0 Å². The minimum Gasteiger partial charge on any atom is -0.406 e. The number of hydrogen-bond donors (Lipinski definition) is 2. The molecule has 0 bridgehead atoms. The highest BCUT2D eigenvalue weighted by atomic mass is 19.4. The molecule has 0 amide bonds. The number of ether oxygens (including phenoxy) is 1. The molecular formula is C12H16F4O3. The molecule has 0 fully saturated rings. The van der Waals surface area contributed by atoms with Crippen molar-refractivity contribution in [1.29, 1.82) is 0 Å². The van der Waals surface area contributed by atoms with Crippen molar-refractivity contribution in [1.82, 2.24) is 0 Å². The summed E-state index contributed by atoms with van der Waals surface area (Å²) >= 11 is 0. The monoisotopic (exact) mass is 284 g/mol. The first-order valence-electron chi connectivity index (χ1n) is 5.66. The summed E-state index contributed by atoms with van der Waals surface area (Å²) in [5, 5.41) is 18.8. The molecule has 0 aliphatic rings. The van der Waals surface area contributed by atoms with Gasteiger partial charge in [0.25, 0.3) is 0 Å². The molecule has 0 saturated carbocycles. The molecule has 19 heavy (non-hydrogen) atoms. The summed E-state index contributed by atoms with van der Waals surface area (Å²) in [6.07, 6.45) is -5.20. The number of halogens is 4. The molecule has 0 spiro atoms. The summed E-state index contributed by atoms with van der Waals surface area (Å²) in [6.45, 7) is 5.34. The average Bonchev–Trinajstić information content (AvgIpc) is 2.32. The van der Waals surface area contributed by atoms with Crippen LogP contribution in [0.4, 0.5) is 17.6 Å². The molecule has 3 nitrogen and oxygen atoms in total. The molecule has 0 aromatic heterocycles. The second-order valence-electron chi connectivity index (χ2n) is 3.36. The molecule has 0 atom stereocenters. The van der Waals surface area contributed by atoms with Gasteiger partial charge in [-0.2, -0.15) is 0 Å². The van der Waals surface area contributed by atoms with Crippen LogP contribution in [0.3, 0.4) is 0 Å². The van der Waals surface area contributed by atoms with Crippen LogP contribution >= 0.6 is 0 Å². The van der Waals surface area contributed by atoms with Crippen molar-refractivity contribution in [3.05, 3.63) is 29.6 Å². The quantitative estimate of drug-likeness (QED) is 0.661.